The van der Waals surface area contributed by atoms with Gasteiger partial charge in [-0.05, 0) is 44.7 Å². The second kappa shape index (κ2) is 9.94. The van der Waals surface area contributed by atoms with Gasteiger partial charge in [-0.1, -0.05) is 48.0 Å². The normalized spacial score (nSPS) is 18.9. The molecule has 0 saturated carbocycles. The van der Waals surface area contributed by atoms with Crippen molar-refractivity contribution in [2.45, 2.75) is 65.1 Å². The summed E-state index contributed by atoms with van der Waals surface area (Å²) in [5, 5.41) is 9.89. The number of carbonyl (C=O) groups is 2. The molecule has 1 aromatic rings. The van der Waals surface area contributed by atoms with Crippen LogP contribution in [0.25, 0.3) is 0 Å². The smallest absolute Gasteiger partial charge is 0.411 e. The van der Waals surface area contributed by atoms with E-state index in [0.717, 1.165) is 16.5 Å². The molecule has 2 atom stereocenters. The van der Waals surface area contributed by atoms with Gasteiger partial charge in [0.05, 0.1) is 12.6 Å². The Hall–Kier alpha value is -1.60. The van der Waals surface area contributed by atoms with Gasteiger partial charge in [-0.25, -0.2) is 4.79 Å². The quantitative estimate of drug-likeness (QED) is 0.688. The molecule has 0 spiro atoms. The van der Waals surface area contributed by atoms with E-state index in [-0.39, 0.29) is 18.6 Å². The van der Waals surface area contributed by atoms with E-state index in [1.807, 2.05) is 45.0 Å². The van der Waals surface area contributed by atoms with Crippen LogP contribution in [0, 0.1) is 5.92 Å². The zero-order valence-corrected chi connectivity index (χ0v) is 19.6. The van der Waals surface area contributed by atoms with Crippen molar-refractivity contribution in [3.05, 3.63) is 34.3 Å². The van der Waals surface area contributed by atoms with E-state index in [1.165, 1.54) is 4.90 Å². The van der Waals surface area contributed by atoms with Crippen LogP contribution in [0.2, 0.25) is 0 Å². The van der Waals surface area contributed by atoms with Crippen LogP contribution in [-0.2, 0) is 16.0 Å². The summed E-state index contributed by atoms with van der Waals surface area (Å²) in [4.78, 5) is 29.6. The van der Waals surface area contributed by atoms with E-state index in [0.29, 0.717) is 25.4 Å². The van der Waals surface area contributed by atoms with E-state index in [2.05, 4.69) is 29.8 Å². The van der Waals surface area contributed by atoms with E-state index in [9.17, 15) is 14.7 Å². The fourth-order valence-electron chi connectivity index (χ4n) is 3.62. The van der Waals surface area contributed by atoms with Crippen molar-refractivity contribution < 1.29 is 19.4 Å². The Bertz CT molecular complexity index is 717. The summed E-state index contributed by atoms with van der Waals surface area (Å²) < 4.78 is 6.46. The minimum atomic E-state index is -0.668. The second-order valence-electron chi connectivity index (χ2n) is 8.98. The average Bonchev–Trinajstić information content (AvgIpc) is 2.61. The third kappa shape index (κ3) is 6.44. The molecule has 0 aromatic heterocycles. The largest absolute Gasteiger partial charge is 0.444 e. The van der Waals surface area contributed by atoms with Gasteiger partial charge in [0.2, 0.25) is 5.91 Å². The fraction of sp³-hybridized carbons (Fsp3) is 0.636. The first-order valence-electron chi connectivity index (χ1n) is 10.2. The van der Waals surface area contributed by atoms with Gasteiger partial charge < -0.3 is 14.7 Å². The Morgan fingerprint density at radius 2 is 1.93 bits per heavy atom. The van der Waals surface area contributed by atoms with Gasteiger partial charge in [-0.3, -0.25) is 9.69 Å². The second-order valence-corrected chi connectivity index (χ2v) is 9.84. The first-order valence-corrected chi connectivity index (χ1v) is 11.0. The molecule has 0 aliphatic carbocycles. The number of halogens is 1. The molecule has 1 fully saturated rings. The van der Waals surface area contributed by atoms with Crippen LogP contribution in [0.1, 0.15) is 46.6 Å². The lowest BCUT2D eigenvalue weighted by atomic mass is 9.97. The van der Waals surface area contributed by atoms with Crippen molar-refractivity contribution in [2.24, 2.45) is 5.92 Å². The number of amides is 2. The number of piperazine rings is 1. The highest BCUT2D eigenvalue weighted by Crippen LogP contribution is 2.26. The van der Waals surface area contributed by atoms with Crippen molar-refractivity contribution >= 4 is 27.9 Å². The maximum atomic E-state index is 13.5. The maximum absolute atomic E-state index is 13.5. The molecule has 7 heteroatoms. The number of hydrogen-bond donors (Lipinski definition) is 1. The zero-order valence-electron chi connectivity index (χ0n) is 18.0. The molecule has 2 amide bonds. The van der Waals surface area contributed by atoms with E-state index in [1.54, 1.807) is 4.90 Å². The fourth-order valence-corrected chi connectivity index (χ4v) is 4.07. The minimum Gasteiger partial charge on any atom is -0.444 e. The molecule has 2 rings (SSSR count). The number of nitrogens with zero attached hydrogens (tertiary/aromatic N) is 2. The molecular formula is C22H33BrN2O4. The topological polar surface area (TPSA) is 70.1 Å². The summed E-state index contributed by atoms with van der Waals surface area (Å²) in [5.74, 6) is 0.211. The molecule has 1 N–H and O–H groups in total. The number of aliphatic hydroxyl groups excluding tert-OH is 1. The zero-order chi connectivity index (χ0) is 21.8. The van der Waals surface area contributed by atoms with Crippen LogP contribution in [0.5, 0.6) is 0 Å². The molecule has 1 aromatic carbocycles. The SMILES string of the molecule is CC(C)C[C@@H](CO)N1CCN(C(=O)OC(C)(C)C)[C@@H](Cc2ccccc2Br)C1=O. The summed E-state index contributed by atoms with van der Waals surface area (Å²) in [5.41, 5.74) is 0.311. The molecule has 0 bridgehead atoms. The van der Waals surface area contributed by atoms with Crippen molar-refractivity contribution in [2.75, 3.05) is 19.7 Å². The van der Waals surface area contributed by atoms with Gasteiger partial charge in [-0.15, -0.1) is 0 Å². The molecule has 1 aliphatic rings. The summed E-state index contributed by atoms with van der Waals surface area (Å²) in [6, 6.07) is 6.79. The van der Waals surface area contributed by atoms with Crippen molar-refractivity contribution in [3.63, 3.8) is 0 Å². The lowest BCUT2D eigenvalue weighted by Gasteiger charge is -2.44. The number of benzene rings is 1. The third-order valence-electron chi connectivity index (χ3n) is 4.92. The van der Waals surface area contributed by atoms with Gasteiger partial charge in [0.15, 0.2) is 0 Å². The molecule has 1 aliphatic heterocycles. The highest BCUT2D eigenvalue weighted by atomic mass is 79.9. The molecule has 162 valence electrons. The summed E-state index contributed by atoms with van der Waals surface area (Å²) >= 11 is 3.54. The van der Waals surface area contributed by atoms with Gasteiger partial charge in [0.25, 0.3) is 0 Å². The predicted octanol–water partition coefficient (Wildman–Crippen LogP) is 3.85. The van der Waals surface area contributed by atoms with Crippen LogP contribution < -0.4 is 0 Å². The number of rotatable bonds is 6. The highest BCUT2D eigenvalue weighted by Gasteiger charge is 2.41. The standard InChI is InChI=1S/C22H33BrN2O4/c1-15(2)12-17(14-26)24-10-11-25(21(28)29-22(3,4)5)19(20(24)27)13-16-8-6-7-9-18(16)23/h6-9,15,17,19,26H,10-14H2,1-5H3/t17-,19-/m0/s1. The van der Waals surface area contributed by atoms with E-state index < -0.39 is 17.7 Å². The van der Waals surface area contributed by atoms with Crippen LogP contribution >= 0.6 is 15.9 Å². The average molecular weight is 469 g/mol. The Kier molecular flexibility index (Phi) is 8.11. The van der Waals surface area contributed by atoms with Crippen molar-refractivity contribution in [3.8, 4) is 0 Å². The number of aliphatic hydroxyl groups is 1. The van der Waals surface area contributed by atoms with Gasteiger partial charge in [0.1, 0.15) is 11.6 Å². The highest BCUT2D eigenvalue weighted by molar-refractivity contribution is 9.10. The molecule has 6 nitrogen and oxygen atoms in total. The first kappa shape index (κ1) is 23.7. The van der Waals surface area contributed by atoms with Gasteiger partial charge in [-0.2, -0.15) is 0 Å². The van der Waals surface area contributed by atoms with Crippen LogP contribution in [-0.4, -0.2) is 64.3 Å². The Labute approximate surface area is 182 Å². The lowest BCUT2D eigenvalue weighted by Crippen LogP contribution is -2.62. The molecule has 0 unspecified atom stereocenters. The summed E-state index contributed by atoms with van der Waals surface area (Å²) in [7, 11) is 0. The first-order chi connectivity index (χ1) is 13.5. The molecule has 1 heterocycles. The Morgan fingerprint density at radius 1 is 1.28 bits per heavy atom. The molecule has 29 heavy (non-hydrogen) atoms. The molecular weight excluding hydrogens is 436 g/mol. The number of carbonyl (C=O) groups excluding carboxylic acids is 2. The Morgan fingerprint density at radius 3 is 2.48 bits per heavy atom. The van der Waals surface area contributed by atoms with Gasteiger partial charge >= 0.3 is 6.09 Å². The minimum absolute atomic E-state index is 0.0852. The maximum Gasteiger partial charge on any atom is 0.411 e. The van der Waals surface area contributed by atoms with E-state index >= 15 is 0 Å². The Balaban J connectivity index is 2.32. The molecule has 0 radical (unpaired) electrons. The van der Waals surface area contributed by atoms with Crippen LogP contribution in [0.3, 0.4) is 0 Å². The van der Waals surface area contributed by atoms with Crippen LogP contribution in [0.15, 0.2) is 28.7 Å². The summed E-state index contributed by atoms with van der Waals surface area (Å²) in [6.45, 7) is 10.3. The number of ether oxygens (including phenoxy) is 1. The van der Waals surface area contributed by atoms with Crippen molar-refractivity contribution in [1.82, 2.24) is 9.80 Å². The predicted molar refractivity (Wildman–Crippen MR) is 117 cm³/mol. The van der Waals surface area contributed by atoms with Crippen molar-refractivity contribution in [1.29, 1.82) is 0 Å². The van der Waals surface area contributed by atoms with E-state index in [4.69, 9.17) is 4.74 Å². The molecule has 1 saturated heterocycles. The monoisotopic (exact) mass is 468 g/mol. The van der Waals surface area contributed by atoms with Crippen LogP contribution in [0.4, 0.5) is 4.79 Å². The lowest BCUT2D eigenvalue weighted by molar-refractivity contribution is -0.145. The number of hydrogen-bond acceptors (Lipinski definition) is 4. The van der Waals surface area contributed by atoms with Gasteiger partial charge in [0, 0.05) is 24.0 Å². The summed E-state index contributed by atoms with van der Waals surface area (Å²) in [6.07, 6.45) is 0.624. The third-order valence-corrected chi connectivity index (χ3v) is 5.69.